The first-order valence-corrected chi connectivity index (χ1v) is 7.47. The van der Waals surface area contributed by atoms with Gasteiger partial charge in [-0.1, -0.05) is 24.3 Å². The summed E-state index contributed by atoms with van der Waals surface area (Å²) in [6.07, 6.45) is 1.61. The van der Waals surface area contributed by atoms with E-state index in [1.807, 2.05) is 24.3 Å². The first-order valence-electron chi connectivity index (χ1n) is 6.66. The third-order valence-corrected chi connectivity index (χ3v) is 4.23. The van der Waals surface area contributed by atoms with E-state index in [-0.39, 0.29) is 12.2 Å². The predicted octanol–water partition coefficient (Wildman–Crippen LogP) is 4.45. The molecule has 0 saturated carbocycles. The number of carboxylic acids is 1. The number of rotatable bonds is 4. The maximum Gasteiger partial charge on any atom is 0.307 e. The zero-order valence-electron chi connectivity index (χ0n) is 11.5. The molecule has 0 atom stereocenters. The summed E-state index contributed by atoms with van der Waals surface area (Å²) in [7, 11) is 0. The minimum atomic E-state index is -0.924. The van der Waals surface area contributed by atoms with Gasteiger partial charge in [-0.3, -0.25) is 4.79 Å². The van der Waals surface area contributed by atoms with Crippen LogP contribution < -0.4 is 0 Å². The zero-order valence-corrected chi connectivity index (χ0v) is 12.3. The highest BCUT2D eigenvalue weighted by atomic mass is 32.1. The molecule has 22 heavy (non-hydrogen) atoms. The van der Waals surface area contributed by atoms with Gasteiger partial charge in [0.05, 0.1) is 16.6 Å². The number of thiazole rings is 1. The summed E-state index contributed by atoms with van der Waals surface area (Å²) in [6, 6.07) is 13.6. The van der Waals surface area contributed by atoms with E-state index in [9.17, 15) is 9.18 Å². The third-order valence-electron chi connectivity index (χ3n) is 3.12. The second-order valence-electron chi connectivity index (χ2n) is 4.78. The van der Waals surface area contributed by atoms with Crippen molar-refractivity contribution in [1.29, 1.82) is 0 Å². The molecule has 2 aromatic carbocycles. The van der Waals surface area contributed by atoms with Crippen LogP contribution in [0.4, 0.5) is 4.39 Å². The molecule has 1 aromatic heterocycles. The monoisotopic (exact) mass is 313 g/mol. The van der Waals surface area contributed by atoms with Crippen LogP contribution in [-0.4, -0.2) is 16.1 Å². The fourth-order valence-electron chi connectivity index (χ4n) is 2.12. The Bertz CT molecular complexity index is 819. The third kappa shape index (κ3) is 3.20. The summed E-state index contributed by atoms with van der Waals surface area (Å²) < 4.78 is 14.0. The summed E-state index contributed by atoms with van der Waals surface area (Å²) in [6.45, 7) is 0. The van der Waals surface area contributed by atoms with Gasteiger partial charge < -0.3 is 5.11 Å². The average molecular weight is 313 g/mol. The van der Waals surface area contributed by atoms with Crippen LogP contribution in [0.15, 0.2) is 48.5 Å². The number of nitrogens with zero attached hydrogens (tertiary/aromatic N) is 1. The SMILES string of the molecule is O=C(O)C/C(=C\c1ccc(F)cc1)c1nc2ccccc2s1. The maximum atomic E-state index is 13.0. The standard InChI is InChI=1S/C17H12FNO2S/c18-13-7-5-11(6-8-13)9-12(10-16(20)21)17-19-14-3-1-2-4-15(14)22-17/h1-9H,10H2,(H,20,21)/b12-9+. The Kier molecular flexibility index (Phi) is 3.98. The molecule has 0 unspecified atom stereocenters. The normalized spacial score (nSPS) is 11.8. The first-order chi connectivity index (χ1) is 10.6. The molecule has 3 nitrogen and oxygen atoms in total. The van der Waals surface area contributed by atoms with Crippen molar-refractivity contribution in [3.63, 3.8) is 0 Å². The summed E-state index contributed by atoms with van der Waals surface area (Å²) in [4.78, 5) is 15.6. The highest BCUT2D eigenvalue weighted by Crippen LogP contribution is 2.30. The Labute approximate surface area is 130 Å². The molecule has 1 heterocycles. The van der Waals surface area contributed by atoms with Crippen molar-refractivity contribution in [2.24, 2.45) is 0 Å². The lowest BCUT2D eigenvalue weighted by Gasteiger charge is -2.01. The minimum absolute atomic E-state index is 0.128. The molecule has 3 rings (SSSR count). The van der Waals surface area contributed by atoms with Crippen molar-refractivity contribution in [3.05, 3.63) is 64.9 Å². The van der Waals surface area contributed by atoms with Gasteiger partial charge in [0.2, 0.25) is 0 Å². The molecule has 110 valence electrons. The van der Waals surface area contributed by atoms with Crippen molar-refractivity contribution in [3.8, 4) is 0 Å². The Morgan fingerprint density at radius 1 is 1.18 bits per heavy atom. The van der Waals surface area contributed by atoms with Crippen molar-refractivity contribution in [2.45, 2.75) is 6.42 Å². The van der Waals surface area contributed by atoms with E-state index in [1.54, 1.807) is 18.2 Å². The van der Waals surface area contributed by atoms with Crippen LogP contribution in [0.2, 0.25) is 0 Å². The van der Waals surface area contributed by atoms with Crippen molar-refractivity contribution >= 4 is 39.2 Å². The van der Waals surface area contributed by atoms with Gasteiger partial charge in [0.1, 0.15) is 10.8 Å². The fourth-order valence-corrected chi connectivity index (χ4v) is 3.10. The first kappa shape index (κ1) is 14.4. The quantitative estimate of drug-likeness (QED) is 0.774. The van der Waals surface area contributed by atoms with E-state index >= 15 is 0 Å². The van der Waals surface area contributed by atoms with Gasteiger partial charge in [0.15, 0.2) is 0 Å². The molecule has 0 spiro atoms. The van der Waals surface area contributed by atoms with Crippen LogP contribution in [0.25, 0.3) is 21.9 Å². The summed E-state index contributed by atoms with van der Waals surface area (Å²) in [5, 5.41) is 9.79. The number of hydrogen-bond donors (Lipinski definition) is 1. The molecule has 0 aliphatic carbocycles. The topological polar surface area (TPSA) is 50.2 Å². The number of halogens is 1. The fraction of sp³-hybridized carbons (Fsp3) is 0.0588. The van der Waals surface area contributed by atoms with Gasteiger partial charge in [-0.15, -0.1) is 11.3 Å². The van der Waals surface area contributed by atoms with Gasteiger partial charge in [0.25, 0.3) is 0 Å². The molecule has 5 heteroatoms. The van der Waals surface area contributed by atoms with Crippen LogP contribution >= 0.6 is 11.3 Å². The van der Waals surface area contributed by atoms with Gasteiger partial charge in [0, 0.05) is 0 Å². The molecule has 0 aliphatic heterocycles. The lowest BCUT2D eigenvalue weighted by atomic mass is 10.1. The van der Waals surface area contributed by atoms with E-state index < -0.39 is 5.97 Å². The number of aliphatic carboxylic acids is 1. The van der Waals surface area contributed by atoms with Crippen LogP contribution in [-0.2, 0) is 4.79 Å². The Morgan fingerprint density at radius 2 is 1.91 bits per heavy atom. The Hall–Kier alpha value is -2.53. The summed E-state index contributed by atoms with van der Waals surface area (Å²) in [5.74, 6) is -1.25. The molecule has 1 N–H and O–H groups in total. The smallest absolute Gasteiger partial charge is 0.307 e. The lowest BCUT2D eigenvalue weighted by Crippen LogP contribution is -1.97. The Balaban J connectivity index is 2.05. The molecule has 0 amide bonds. The van der Waals surface area contributed by atoms with E-state index in [4.69, 9.17) is 5.11 Å². The summed E-state index contributed by atoms with van der Waals surface area (Å²) >= 11 is 1.45. The molecule has 0 bridgehead atoms. The number of benzene rings is 2. The van der Waals surface area contributed by atoms with Crippen molar-refractivity contribution in [2.75, 3.05) is 0 Å². The number of carboxylic acid groups (broad SMARTS) is 1. The van der Waals surface area contributed by atoms with E-state index in [1.165, 1.54) is 23.5 Å². The van der Waals surface area contributed by atoms with Crippen molar-refractivity contribution < 1.29 is 14.3 Å². The van der Waals surface area contributed by atoms with Crippen LogP contribution in [0.3, 0.4) is 0 Å². The summed E-state index contributed by atoms with van der Waals surface area (Å²) in [5.41, 5.74) is 2.20. The largest absolute Gasteiger partial charge is 0.481 e. The average Bonchev–Trinajstić information content (AvgIpc) is 2.92. The van der Waals surface area contributed by atoms with Gasteiger partial charge >= 0.3 is 5.97 Å². The molecule has 0 saturated heterocycles. The second-order valence-corrected chi connectivity index (χ2v) is 5.81. The molecule has 0 fully saturated rings. The number of para-hydroxylation sites is 1. The number of fused-ring (bicyclic) bond motifs is 1. The van der Waals surface area contributed by atoms with E-state index in [0.29, 0.717) is 10.6 Å². The second kappa shape index (κ2) is 6.07. The van der Waals surface area contributed by atoms with Gasteiger partial charge in [-0.25, -0.2) is 9.37 Å². The van der Waals surface area contributed by atoms with E-state index in [2.05, 4.69) is 4.98 Å². The van der Waals surface area contributed by atoms with Gasteiger partial charge in [-0.05, 0) is 41.5 Å². The highest BCUT2D eigenvalue weighted by molar-refractivity contribution is 7.19. The molecular weight excluding hydrogens is 301 g/mol. The minimum Gasteiger partial charge on any atom is -0.481 e. The van der Waals surface area contributed by atoms with Crippen LogP contribution in [0, 0.1) is 5.82 Å². The molecule has 0 radical (unpaired) electrons. The molecule has 0 aliphatic rings. The van der Waals surface area contributed by atoms with Crippen LogP contribution in [0.5, 0.6) is 0 Å². The molecule has 3 aromatic rings. The maximum absolute atomic E-state index is 13.0. The number of aromatic nitrogens is 1. The van der Waals surface area contributed by atoms with E-state index in [0.717, 1.165) is 15.8 Å². The van der Waals surface area contributed by atoms with Crippen molar-refractivity contribution in [1.82, 2.24) is 4.98 Å². The lowest BCUT2D eigenvalue weighted by molar-refractivity contribution is -0.135. The predicted molar refractivity (Wildman–Crippen MR) is 86.1 cm³/mol. The molecular formula is C17H12FNO2S. The number of carbonyl (C=O) groups is 1. The number of hydrogen-bond acceptors (Lipinski definition) is 3. The highest BCUT2D eigenvalue weighted by Gasteiger charge is 2.12. The zero-order chi connectivity index (χ0) is 15.5. The Morgan fingerprint density at radius 3 is 2.59 bits per heavy atom. The van der Waals surface area contributed by atoms with Gasteiger partial charge in [-0.2, -0.15) is 0 Å². The van der Waals surface area contributed by atoms with Crippen LogP contribution in [0.1, 0.15) is 17.0 Å².